The number of nitrogens with one attached hydrogen (secondary N) is 1. The van der Waals surface area contributed by atoms with Crippen LogP contribution in [0.15, 0.2) is 30.3 Å². The van der Waals surface area contributed by atoms with Crippen LogP contribution in [0.25, 0.3) is 10.9 Å². The zero-order valence-corrected chi connectivity index (χ0v) is 11.3. The summed E-state index contributed by atoms with van der Waals surface area (Å²) in [7, 11) is 0. The zero-order valence-electron chi connectivity index (χ0n) is 11.3. The molecule has 0 unspecified atom stereocenters. The van der Waals surface area contributed by atoms with Crippen LogP contribution >= 0.6 is 0 Å². The van der Waals surface area contributed by atoms with E-state index in [1.54, 1.807) is 0 Å². The van der Waals surface area contributed by atoms with E-state index < -0.39 is 0 Å². The summed E-state index contributed by atoms with van der Waals surface area (Å²) in [4.78, 5) is 0. The predicted molar refractivity (Wildman–Crippen MR) is 77.4 cm³/mol. The van der Waals surface area contributed by atoms with Gasteiger partial charge in [-0.3, -0.25) is 0 Å². The zero-order chi connectivity index (χ0) is 13.0. The molecule has 0 aliphatic carbocycles. The van der Waals surface area contributed by atoms with Crippen molar-refractivity contribution in [2.45, 2.75) is 39.9 Å². The van der Waals surface area contributed by atoms with Gasteiger partial charge in [0.25, 0.3) is 0 Å². The molecule has 0 saturated carbocycles. The lowest BCUT2D eigenvalue weighted by Gasteiger charge is -2.10. The molecular weight excluding hydrogens is 220 g/mol. The summed E-state index contributed by atoms with van der Waals surface area (Å²) in [5, 5.41) is 4.76. The third kappa shape index (κ3) is 2.75. The first-order valence-electron chi connectivity index (χ1n) is 6.42. The molecule has 1 N–H and O–H groups in total. The summed E-state index contributed by atoms with van der Waals surface area (Å²) < 4.78 is 2.29. The fourth-order valence-electron chi connectivity index (χ4n) is 2.07. The van der Waals surface area contributed by atoms with E-state index in [1.807, 2.05) is 6.92 Å². The molecule has 2 aromatic rings. The maximum atomic E-state index is 3.47. The smallest absolute Gasteiger partial charge is 0.0840 e. The molecule has 0 fully saturated rings. The molecule has 0 bridgehead atoms. The lowest BCUT2D eigenvalue weighted by molar-refractivity contribution is 0.569. The lowest BCUT2D eigenvalue weighted by atomic mass is 10.2. The predicted octanol–water partition coefficient (Wildman–Crippen LogP) is 3.16. The Morgan fingerprint density at radius 3 is 2.78 bits per heavy atom. The van der Waals surface area contributed by atoms with Crippen molar-refractivity contribution in [3.63, 3.8) is 0 Å². The van der Waals surface area contributed by atoms with Gasteiger partial charge in [-0.1, -0.05) is 38.0 Å². The first-order valence-corrected chi connectivity index (χ1v) is 6.42. The molecule has 94 valence electrons. The van der Waals surface area contributed by atoms with Crippen molar-refractivity contribution in [2.75, 3.05) is 0 Å². The van der Waals surface area contributed by atoms with Gasteiger partial charge in [0.15, 0.2) is 0 Å². The van der Waals surface area contributed by atoms with E-state index in [-0.39, 0.29) is 0 Å². The van der Waals surface area contributed by atoms with Crippen molar-refractivity contribution in [1.82, 2.24) is 9.88 Å². The first-order chi connectivity index (χ1) is 8.72. The molecular formula is C16H20N2. The third-order valence-electron chi connectivity index (χ3n) is 3.00. The largest absolute Gasteiger partial charge is 0.332 e. The molecule has 0 aliphatic rings. The van der Waals surface area contributed by atoms with E-state index in [1.165, 1.54) is 16.6 Å². The van der Waals surface area contributed by atoms with Crippen LogP contribution in [-0.4, -0.2) is 10.6 Å². The second-order valence-corrected chi connectivity index (χ2v) is 4.74. The van der Waals surface area contributed by atoms with Crippen LogP contribution in [0.2, 0.25) is 0 Å². The average molecular weight is 240 g/mol. The average Bonchev–Trinajstić information content (AvgIpc) is 2.71. The van der Waals surface area contributed by atoms with Crippen molar-refractivity contribution in [3.05, 3.63) is 36.0 Å². The van der Waals surface area contributed by atoms with Crippen molar-refractivity contribution in [3.8, 4) is 11.8 Å². The Bertz CT molecular complexity index is 582. The lowest BCUT2D eigenvalue weighted by Crippen LogP contribution is -2.23. The molecule has 0 radical (unpaired) electrons. The monoisotopic (exact) mass is 240 g/mol. The minimum atomic E-state index is 0.494. The molecule has 1 aromatic carbocycles. The Morgan fingerprint density at radius 2 is 2.06 bits per heavy atom. The molecule has 0 aliphatic heterocycles. The third-order valence-corrected chi connectivity index (χ3v) is 3.00. The molecule has 18 heavy (non-hydrogen) atoms. The van der Waals surface area contributed by atoms with Crippen molar-refractivity contribution in [2.24, 2.45) is 0 Å². The SMILES string of the molecule is CC#CCn1c(CNC(C)C)cc2ccccc21. The van der Waals surface area contributed by atoms with Crippen LogP contribution in [0.4, 0.5) is 0 Å². The maximum absolute atomic E-state index is 3.47. The molecule has 2 heteroatoms. The first kappa shape index (κ1) is 12.7. The Morgan fingerprint density at radius 1 is 1.28 bits per heavy atom. The van der Waals surface area contributed by atoms with Gasteiger partial charge >= 0.3 is 0 Å². The Balaban J connectivity index is 2.38. The topological polar surface area (TPSA) is 17.0 Å². The normalized spacial score (nSPS) is 10.7. The van der Waals surface area contributed by atoms with Crippen LogP contribution in [0.5, 0.6) is 0 Å². The summed E-state index contributed by atoms with van der Waals surface area (Å²) in [5.41, 5.74) is 2.56. The van der Waals surface area contributed by atoms with Crippen LogP contribution in [0.3, 0.4) is 0 Å². The molecule has 0 spiro atoms. The molecule has 1 aromatic heterocycles. The van der Waals surface area contributed by atoms with Crippen LogP contribution in [0, 0.1) is 11.8 Å². The van der Waals surface area contributed by atoms with Crippen molar-refractivity contribution >= 4 is 10.9 Å². The highest BCUT2D eigenvalue weighted by molar-refractivity contribution is 5.81. The van der Waals surface area contributed by atoms with Crippen molar-refractivity contribution in [1.29, 1.82) is 0 Å². The maximum Gasteiger partial charge on any atom is 0.0840 e. The van der Waals surface area contributed by atoms with Gasteiger partial charge in [0.1, 0.15) is 0 Å². The minimum Gasteiger partial charge on any atom is -0.332 e. The standard InChI is InChI=1S/C16H20N2/c1-4-5-10-18-15(12-17-13(2)3)11-14-8-6-7-9-16(14)18/h6-9,11,13,17H,10,12H2,1-3H3. The van der Waals surface area contributed by atoms with E-state index in [4.69, 9.17) is 0 Å². The second-order valence-electron chi connectivity index (χ2n) is 4.74. The number of para-hydroxylation sites is 1. The van der Waals surface area contributed by atoms with Crippen LogP contribution in [-0.2, 0) is 13.1 Å². The van der Waals surface area contributed by atoms with Gasteiger partial charge in [-0.2, -0.15) is 0 Å². The minimum absolute atomic E-state index is 0.494. The fraction of sp³-hybridized carbons (Fsp3) is 0.375. The summed E-state index contributed by atoms with van der Waals surface area (Å²) in [6.07, 6.45) is 0. The fourth-order valence-corrected chi connectivity index (χ4v) is 2.07. The Kier molecular flexibility index (Phi) is 4.07. The Labute approximate surface area is 109 Å². The van der Waals surface area contributed by atoms with Gasteiger partial charge in [0, 0.05) is 23.8 Å². The van der Waals surface area contributed by atoms with Gasteiger partial charge in [0.2, 0.25) is 0 Å². The number of rotatable bonds is 4. The quantitative estimate of drug-likeness (QED) is 0.812. The molecule has 0 saturated heterocycles. The van der Waals surface area contributed by atoms with Gasteiger partial charge < -0.3 is 9.88 Å². The summed E-state index contributed by atoms with van der Waals surface area (Å²) in [6.45, 7) is 7.87. The molecule has 2 rings (SSSR count). The number of fused-ring (bicyclic) bond motifs is 1. The van der Waals surface area contributed by atoms with Crippen LogP contribution < -0.4 is 5.32 Å². The molecule has 1 heterocycles. The molecule has 0 atom stereocenters. The van der Waals surface area contributed by atoms with Crippen molar-refractivity contribution < 1.29 is 0 Å². The van der Waals surface area contributed by atoms with E-state index in [0.29, 0.717) is 6.04 Å². The number of benzene rings is 1. The highest BCUT2D eigenvalue weighted by Gasteiger charge is 2.07. The number of hydrogen-bond donors (Lipinski definition) is 1. The van der Waals surface area contributed by atoms with E-state index in [0.717, 1.165) is 13.1 Å². The summed E-state index contributed by atoms with van der Waals surface area (Å²) in [5.74, 6) is 6.13. The highest BCUT2D eigenvalue weighted by Crippen LogP contribution is 2.19. The summed E-state index contributed by atoms with van der Waals surface area (Å²) >= 11 is 0. The molecule has 0 amide bonds. The Hall–Kier alpha value is -1.72. The van der Waals surface area contributed by atoms with E-state index in [2.05, 4.69) is 65.9 Å². The number of hydrogen-bond acceptors (Lipinski definition) is 1. The van der Waals surface area contributed by atoms with Gasteiger partial charge in [-0.15, -0.1) is 5.92 Å². The number of aromatic nitrogens is 1. The van der Waals surface area contributed by atoms with Gasteiger partial charge in [0.05, 0.1) is 6.54 Å². The van der Waals surface area contributed by atoms with Gasteiger partial charge in [-0.05, 0) is 24.4 Å². The highest BCUT2D eigenvalue weighted by atomic mass is 15.0. The van der Waals surface area contributed by atoms with E-state index >= 15 is 0 Å². The van der Waals surface area contributed by atoms with E-state index in [9.17, 15) is 0 Å². The van der Waals surface area contributed by atoms with Crippen LogP contribution in [0.1, 0.15) is 26.5 Å². The summed E-state index contributed by atoms with van der Waals surface area (Å²) in [6, 6.07) is 11.2. The van der Waals surface area contributed by atoms with Gasteiger partial charge in [-0.25, -0.2) is 0 Å². The number of nitrogens with zero attached hydrogens (tertiary/aromatic N) is 1. The molecule has 2 nitrogen and oxygen atoms in total. The second kappa shape index (κ2) is 5.75.